The van der Waals surface area contributed by atoms with E-state index in [-0.39, 0.29) is 29.9 Å². The van der Waals surface area contributed by atoms with Gasteiger partial charge in [-0.2, -0.15) is 0 Å². The summed E-state index contributed by atoms with van der Waals surface area (Å²) < 4.78 is 12.0. The maximum Gasteiger partial charge on any atom is 0.241 e. The van der Waals surface area contributed by atoms with Crippen molar-refractivity contribution < 1.29 is 13.8 Å². The summed E-state index contributed by atoms with van der Waals surface area (Å²) >= 11 is 6.00. The molecular weight excluding hydrogens is 324 g/mol. The Bertz CT molecular complexity index is 574. The first-order valence-electron chi connectivity index (χ1n) is 7.19. The Morgan fingerprint density at radius 3 is 2.59 bits per heavy atom. The van der Waals surface area contributed by atoms with Crippen molar-refractivity contribution in [3.63, 3.8) is 0 Å². The number of hydrogen-bond acceptors (Lipinski definition) is 3. The third-order valence-electron chi connectivity index (χ3n) is 3.46. The number of halogens is 1. The summed E-state index contributed by atoms with van der Waals surface area (Å²) in [6.07, 6.45) is 2.03. The van der Waals surface area contributed by atoms with Gasteiger partial charge in [0.05, 0.1) is 12.3 Å². The molecule has 1 atom stereocenters. The smallest absolute Gasteiger partial charge is 0.241 e. The molecule has 0 radical (unpaired) electrons. The topological polar surface area (TPSA) is 66.5 Å². The molecule has 120 valence electrons. The zero-order valence-corrected chi connectivity index (χ0v) is 13.8. The SMILES string of the molecule is O=C(C[S@](=O)Cc1ccccc1Cl)NCC(=O)N1CCCC1. The zero-order chi connectivity index (χ0) is 15.9. The fourth-order valence-corrected chi connectivity index (χ4v) is 3.67. The van der Waals surface area contributed by atoms with Crippen molar-refractivity contribution in [2.75, 3.05) is 25.4 Å². The largest absolute Gasteiger partial charge is 0.346 e. The molecule has 1 aromatic rings. The van der Waals surface area contributed by atoms with E-state index in [0.29, 0.717) is 5.02 Å². The fourth-order valence-electron chi connectivity index (χ4n) is 2.29. The number of amides is 2. The monoisotopic (exact) mass is 342 g/mol. The second-order valence-corrected chi connectivity index (χ2v) is 7.05. The lowest BCUT2D eigenvalue weighted by molar-refractivity contribution is -0.131. The molecule has 0 spiro atoms. The van der Waals surface area contributed by atoms with E-state index in [1.807, 2.05) is 6.07 Å². The number of benzene rings is 1. The molecule has 1 aromatic carbocycles. The van der Waals surface area contributed by atoms with Crippen LogP contribution in [0.5, 0.6) is 0 Å². The van der Waals surface area contributed by atoms with Crippen LogP contribution in [0.15, 0.2) is 24.3 Å². The van der Waals surface area contributed by atoms with Gasteiger partial charge in [-0.05, 0) is 24.5 Å². The van der Waals surface area contributed by atoms with Crippen molar-refractivity contribution in [2.24, 2.45) is 0 Å². The molecule has 1 N–H and O–H groups in total. The van der Waals surface area contributed by atoms with Crippen molar-refractivity contribution in [1.82, 2.24) is 10.2 Å². The predicted molar refractivity (Wildman–Crippen MR) is 87.0 cm³/mol. The van der Waals surface area contributed by atoms with Gasteiger partial charge in [0.15, 0.2) is 0 Å². The Balaban J connectivity index is 1.73. The van der Waals surface area contributed by atoms with Crippen molar-refractivity contribution in [3.8, 4) is 0 Å². The summed E-state index contributed by atoms with van der Waals surface area (Å²) in [6, 6.07) is 7.12. The maximum absolute atomic E-state index is 12.0. The Labute approximate surface area is 137 Å². The van der Waals surface area contributed by atoms with Crippen LogP contribution in [-0.2, 0) is 26.1 Å². The van der Waals surface area contributed by atoms with Crippen LogP contribution in [-0.4, -0.2) is 46.3 Å². The van der Waals surface area contributed by atoms with Gasteiger partial charge in [-0.25, -0.2) is 0 Å². The van der Waals surface area contributed by atoms with E-state index in [9.17, 15) is 13.8 Å². The van der Waals surface area contributed by atoms with Gasteiger partial charge in [0.25, 0.3) is 0 Å². The van der Waals surface area contributed by atoms with Gasteiger partial charge in [0.2, 0.25) is 11.8 Å². The summed E-state index contributed by atoms with van der Waals surface area (Å²) in [5.74, 6) is -0.355. The van der Waals surface area contributed by atoms with Crippen molar-refractivity contribution in [2.45, 2.75) is 18.6 Å². The lowest BCUT2D eigenvalue weighted by Gasteiger charge is -2.15. The molecule has 1 fully saturated rings. The van der Waals surface area contributed by atoms with Crippen LogP contribution >= 0.6 is 11.6 Å². The summed E-state index contributed by atoms with van der Waals surface area (Å²) in [7, 11) is -1.35. The molecular formula is C15H19ClN2O3S. The molecule has 0 aromatic heterocycles. The van der Waals surface area contributed by atoms with E-state index in [4.69, 9.17) is 11.6 Å². The molecule has 1 aliphatic rings. The molecule has 0 aliphatic carbocycles. The highest BCUT2D eigenvalue weighted by molar-refractivity contribution is 7.84. The molecule has 1 heterocycles. The normalized spacial score (nSPS) is 15.6. The maximum atomic E-state index is 12.0. The molecule has 2 rings (SSSR count). The zero-order valence-electron chi connectivity index (χ0n) is 12.2. The predicted octanol–water partition coefficient (Wildman–Crippen LogP) is 1.33. The van der Waals surface area contributed by atoms with E-state index in [1.165, 1.54) is 0 Å². The highest BCUT2D eigenvalue weighted by Crippen LogP contribution is 2.16. The number of hydrogen-bond donors (Lipinski definition) is 1. The highest BCUT2D eigenvalue weighted by Gasteiger charge is 2.18. The van der Waals surface area contributed by atoms with Gasteiger partial charge in [0.1, 0.15) is 5.75 Å². The standard InChI is InChI=1S/C15H19ClN2O3S/c16-13-6-2-1-5-12(13)10-22(21)11-14(19)17-9-15(20)18-7-3-4-8-18/h1-2,5-6H,3-4,7-11H2,(H,17,19)/t22-/m1/s1. The van der Waals surface area contributed by atoms with Crippen LogP contribution < -0.4 is 5.32 Å². The minimum Gasteiger partial charge on any atom is -0.346 e. The van der Waals surface area contributed by atoms with Crippen LogP contribution in [0.25, 0.3) is 0 Å². The molecule has 7 heteroatoms. The molecule has 5 nitrogen and oxygen atoms in total. The third kappa shape index (κ3) is 5.10. The summed E-state index contributed by atoms with van der Waals surface area (Å²) in [5.41, 5.74) is 0.753. The van der Waals surface area contributed by atoms with E-state index in [0.717, 1.165) is 31.5 Å². The number of carbonyl (C=O) groups excluding carboxylic acids is 2. The van der Waals surface area contributed by atoms with Gasteiger partial charge in [-0.3, -0.25) is 13.8 Å². The van der Waals surface area contributed by atoms with Crippen molar-refractivity contribution >= 4 is 34.2 Å². The van der Waals surface area contributed by atoms with Crippen LogP contribution in [0.3, 0.4) is 0 Å². The average molecular weight is 343 g/mol. The minimum atomic E-state index is -1.35. The molecule has 0 bridgehead atoms. The summed E-state index contributed by atoms with van der Waals surface area (Å²) in [4.78, 5) is 25.3. The van der Waals surface area contributed by atoms with E-state index < -0.39 is 10.8 Å². The van der Waals surface area contributed by atoms with Crippen molar-refractivity contribution in [3.05, 3.63) is 34.9 Å². The van der Waals surface area contributed by atoms with Gasteiger partial charge in [0, 0.05) is 28.9 Å². The molecule has 1 aliphatic heterocycles. The van der Waals surface area contributed by atoms with Gasteiger partial charge < -0.3 is 10.2 Å². The Morgan fingerprint density at radius 2 is 1.91 bits per heavy atom. The van der Waals surface area contributed by atoms with Gasteiger partial charge in [-0.1, -0.05) is 29.8 Å². The first kappa shape index (κ1) is 17.0. The first-order valence-corrected chi connectivity index (χ1v) is 9.05. The minimum absolute atomic E-state index is 0.0257. The lowest BCUT2D eigenvalue weighted by Crippen LogP contribution is -2.40. The van der Waals surface area contributed by atoms with Gasteiger partial charge >= 0.3 is 0 Å². The Kier molecular flexibility index (Phi) is 6.39. The quantitative estimate of drug-likeness (QED) is 0.848. The van der Waals surface area contributed by atoms with E-state index in [2.05, 4.69) is 5.32 Å². The summed E-state index contributed by atoms with van der Waals surface area (Å²) in [5, 5.41) is 3.08. The van der Waals surface area contributed by atoms with Crippen LogP contribution in [0.1, 0.15) is 18.4 Å². The van der Waals surface area contributed by atoms with E-state index in [1.54, 1.807) is 23.1 Å². The second kappa shape index (κ2) is 8.29. The van der Waals surface area contributed by atoms with Crippen LogP contribution in [0, 0.1) is 0 Å². The lowest BCUT2D eigenvalue weighted by atomic mass is 10.2. The number of likely N-dealkylation sites (tertiary alicyclic amines) is 1. The number of rotatable bonds is 6. The van der Waals surface area contributed by atoms with Crippen LogP contribution in [0.2, 0.25) is 5.02 Å². The highest BCUT2D eigenvalue weighted by atomic mass is 35.5. The first-order chi connectivity index (χ1) is 10.6. The fraction of sp³-hybridized carbons (Fsp3) is 0.467. The molecule has 0 saturated carbocycles. The molecule has 2 amide bonds. The Morgan fingerprint density at radius 1 is 1.23 bits per heavy atom. The Hall–Kier alpha value is -1.40. The van der Waals surface area contributed by atoms with E-state index >= 15 is 0 Å². The molecule has 0 unspecified atom stereocenters. The number of carbonyl (C=O) groups is 2. The second-order valence-electron chi connectivity index (χ2n) is 5.18. The molecule has 1 saturated heterocycles. The summed E-state index contributed by atoms with van der Waals surface area (Å²) in [6.45, 7) is 1.49. The third-order valence-corrected chi connectivity index (χ3v) is 5.05. The van der Waals surface area contributed by atoms with Crippen molar-refractivity contribution in [1.29, 1.82) is 0 Å². The number of nitrogens with one attached hydrogen (secondary N) is 1. The molecule has 22 heavy (non-hydrogen) atoms. The average Bonchev–Trinajstić information content (AvgIpc) is 3.01. The number of nitrogens with zero attached hydrogens (tertiary/aromatic N) is 1. The van der Waals surface area contributed by atoms with Crippen LogP contribution in [0.4, 0.5) is 0 Å². The van der Waals surface area contributed by atoms with Gasteiger partial charge in [-0.15, -0.1) is 0 Å².